The van der Waals surface area contributed by atoms with Crippen molar-refractivity contribution in [2.75, 3.05) is 13.7 Å². The SMILES string of the molecule is COc1ccccc1B1OC(c2cc(C)cc(C)c2)(c2cc(C)cc(C)c2)[C@@H]2CCCN12.O=S(=O)(O)C(F)(F)F. The van der Waals surface area contributed by atoms with Crippen molar-refractivity contribution >= 4 is 22.6 Å². The summed E-state index contributed by atoms with van der Waals surface area (Å²) in [6.07, 6.45) is 2.29. The van der Waals surface area contributed by atoms with Crippen molar-refractivity contribution in [3.8, 4) is 5.75 Å². The number of aryl methyl sites for hydroxylation is 4. The number of alkyl halides is 3. The zero-order valence-electron chi connectivity index (χ0n) is 23.1. The van der Waals surface area contributed by atoms with Gasteiger partial charge in [0.25, 0.3) is 0 Å². The van der Waals surface area contributed by atoms with E-state index in [9.17, 15) is 13.2 Å². The zero-order valence-corrected chi connectivity index (χ0v) is 23.9. The van der Waals surface area contributed by atoms with Crippen LogP contribution >= 0.6 is 0 Å². The van der Waals surface area contributed by atoms with E-state index in [1.54, 1.807) is 7.11 Å². The summed E-state index contributed by atoms with van der Waals surface area (Å²) >= 11 is 0. The van der Waals surface area contributed by atoms with Crippen molar-refractivity contribution in [1.29, 1.82) is 0 Å². The highest BCUT2D eigenvalue weighted by Gasteiger charge is 2.59. The summed E-state index contributed by atoms with van der Waals surface area (Å²) in [4.78, 5) is 2.56. The van der Waals surface area contributed by atoms with Gasteiger partial charge in [0.2, 0.25) is 0 Å². The number of halogens is 3. The lowest BCUT2D eigenvalue weighted by Gasteiger charge is -2.37. The highest BCUT2D eigenvalue weighted by molar-refractivity contribution is 7.86. The first-order valence-electron chi connectivity index (χ1n) is 12.9. The van der Waals surface area contributed by atoms with Crippen LogP contribution in [0.2, 0.25) is 0 Å². The standard InChI is InChI=1S/C28H32BNO2.CHF3O3S/c1-19-13-20(2)16-23(15-19)28(24-17-21(3)14-22(4)18-24)27-11-8-12-30(27)29(32-28)25-9-6-7-10-26(25)31-5;2-1(3,4)8(5,6)7/h6-7,9-10,13-18,27H,8,11-12H2,1-5H3;(H,5,6,7)/t27-;/m0./s1. The second-order valence-corrected chi connectivity index (χ2v) is 11.9. The number of hydrogen-bond donors (Lipinski definition) is 1. The fourth-order valence-electron chi connectivity index (χ4n) is 6.01. The molecule has 3 aromatic carbocycles. The summed E-state index contributed by atoms with van der Waals surface area (Å²) in [6, 6.07) is 22.4. The van der Waals surface area contributed by atoms with Crippen LogP contribution in [0.3, 0.4) is 0 Å². The smallest absolute Gasteiger partial charge is 0.497 e. The molecule has 11 heteroatoms. The third-order valence-corrected chi connectivity index (χ3v) is 7.95. The van der Waals surface area contributed by atoms with Gasteiger partial charge in [-0.2, -0.15) is 21.6 Å². The third kappa shape index (κ3) is 5.79. The molecule has 2 saturated heterocycles. The van der Waals surface area contributed by atoms with Gasteiger partial charge in [0, 0.05) is 11.5 Å². The van der Waals surface area contributed by atoms with E-state index in [0.717, 1.165) is 24.2 Å². The Balaban J connectivity index is 0.000000406. The van der Waals surface area contributed by atoms with Crippen LogP contribution in [-0.2, 0) is 20.4 Å². The van der Waals surface area contributed by atoms with E-state index in [0.29, 0.717) is 0 Å². The number of rotatable bonds is 4. The van der Waals surface area contributed by atoms with E-state index in [-0.39, 0.29) is 13.1 Å². The molecule has 0 radical (unpaired) electrons. The normalized spacial score (nSPS) is 18.7. The molecule has 2 fully saturated rings. The van der Waals surface area contributed by atoms with E-state index in [1.165, 1.54) is 39.8 Å². The van der Waals surface area contributed by atoms with Gasteiger partial charge >= 0.3 is 22.7 Å². The number of nitrogens with zero attached hydrogens (tertiary/aromatic N) is 1. The van der Waals surface area contributed by atoms with Gasteiger partial charge in [0.05, 0.1) is 7.11 Å². The first kappa shape index (κ1) is 30.1. The second kappa shape index (κ2) is 11.2. The minimum Gasteiger partial charge on any atom is -0.497 e. The number of hydrogen-bond acceptors (Lipinski definition) is 5. The Morgan fingerprint density at radius 2 is 1.43 bits per heavy atom. The maximum absolute atomic E-state index is 10.7. The molecule has 0 amide bonds. The Morgan fingerprint density at radius 1 is 0.950 bits per heavy atom. The lowest BCUT2D eigenvalue weighted by atomic mass is 9.71. The van der Waals surface area contributed by atoms with Gasteiger partial charge in [-0.3, -0.25) is 4.55 Å². The number of methoxy groups -OCH3 is 1. The second-order valence-electron chi connectivity index (χ2n) is 10.5. The molecule has 2 aliphatic heterocycles. The molecule has 214 valence electrons. The van der Waals surface area contributed by atoms with Gasteiger partial charge < -0.3 is 14.2 Å². The first-order chi connectivity index (χ1) is 18.7. The summed E-state index contributed by atoms with van der Waals surface area (Å²) < 4.78 is 70.6. The lowest BCUT2D eigenvalue weighted by Crippen LogP contribution is -2.46. The van der Waals surface area contributed by atoms with Crippen LogP contribution in [0.1, 0.15) is 46.2 Å². The van der Waals surface area contributed by atoms with Crippen molar-refractivity contribution in [3.63, 3.8) is 0 Å². The Bertz CT molecular complexity index is 1400. The maximum atomic E-state index is 10.7. The van der Waals surface area contributed by atoms with E-state index in [1.807, 2.05) is 12.1 Å². The predicted molar refractivity (Wildman–Crippen MR) is 149 cm³/mol. The molecule has 5 rings (SSSR count). The molecule has 6 nitrogen and oxygen atoms in total. The van der Waals surface area contributed by atoms with Crippen LogP contribution in [-0.4, -0.2) is 50.0 Å². The van der Waals surface area contributed by atoms with Crippen molar-refractivity contribution in [1.82, 2.24) is 4.81 Å². The van der Waals surface area contributed by atoms with Crippen LogP contribution in [0.25, 0.3) is 0 Å². The van der Waals surface area contributed by atoms with E-state index < -0.39 is 21.2 Å². The summed E-state index contributed by atoms with van der Waals surface area (Å²) in [5, 5.41) is 0. The maximum Gasteiger partial charge on any atom is 0.522 e. The highest BCUT2D eigenvalue weighted by Crippen LogP contribution is 2.50. The fourth-order valence-corrected chi connectivity index (χ4v) is 6.01. The van der Waals surface area contributed by atoms with Crippen molar-refractivity contribution in [2.24, 2.45) is 0 Å². The van der Waals surface area contributed by atoms with Crippen LogP contribution in [0.5, 0.6) is 5.75 Å². The van der Waals surface area contributed by atoms with E-state index >= 15 is 0 Å². The topological polar surface area (TPSA) is 76.1 Å². The van der Waals surface area contributed by atoms with Crippen molar-refractivity contribution in [2.45, 2.75) is 57.7 Å². The largest absolute Gasteiger partial charge is 0.522 e. The average Bonchev–Trinajstić information content (AvgIpc) is 3.44. The third-order valence-electron chi connectivity index (χ3n) is 7.36. The number of fused-ring (bicyclic) bond motifs is 1. The van der Waals surface area contributed by atoms with Gasteiger partial charge in [-0.15, -0.1) is 0 Å². The predicted octanol–water partition coefficient (Wildman–Crippen LogP) is 5.46. The summed E-state index contributed by atoms with van der Waals surface area (Å²) in [7, 11) is -4.23. The van der Waals surface area contributed by atoms with Crippen molar-refractivity contribution in [3.05, 3.63) is 94.0 Å². The first-order valence-corrected chi connectivity index (χ1v) is 14.4. The Labute approximate surface area is 234 Å². The molecular formula is C29H33BF3NO5S. The number of ether oxygens (including phenoxy) is 1. The molecule has 2 aliphatic rings. The molecule has 3 aromatic rings. The summed E-state index contributed by atoms with van der Waals surface area (Å²) in [5.74, 6) is 0.889. The van der Waals surface area contributed by atoms with Gasteiger partial charge in [-0.25, -0.2) is 0 Å². The van der Waals surface area contributed by atoms with Gasteiger partial charge in [-0.1, -0.05) is 76.9 Å². The molecule has 1 N–H and O–H groups in total. The summed E-state index contributed by atoms with van der Waals surface area (Å²) in [5.41, 5.74) is 2.68. The van der Waals surface area contributed by atoms with Crippen molar-refractivity contribution < 1.29 is 35.5 Å². The molecule has 0 bridgehead atoms. The fraction of sp³-hybridized carbons (Fsp3) is 0.379. The average molecular weight is 575 g/mol. The Kier molecular flexibility index (Phi) is 8.43. The molecule has 1 atom stereocenters. The monoisotopic (exact) mass is 575 g/mol. The summed E-state index contributed by atoms with van der Waals surface area (Å²) in [6.45, 7) is 9.77. The Hall–Kier alpha value is -2.86. The molecule has 40 heavy (non-hydrogen) atoms. The lowest BCUT2D eigenvalue weighted by molar-refractivity contribution is -0.0510. The van der Waals surface area contributed by atoms with Crippen LogP contribution < -0.4 is 10.2 Å². The molecule has 0 spiro atoms. The van der Waals surface area contributed by atoms with Gasteiger partial charge in [0.15, 0.2) is 0 Å². The minimum atomic E-state index is -5.84. The van der Waals surface area contributed by atoms with Gasteiger partial charge in [0.1, 0.15) is 11.4 Å². The van der Waals surface area contributed by atoms with Crippen LogP contribution in [0.4, 0.5) is 13.2 Å². The van der Waals surface area contributed by atoms with E-state index in [2.05, 4.69) is 81.0 Å². The molecule has 0 saturated carbocycles. The molecule has 0 aromatic heterocycles. The van der Waals surface area contributed by atoms with E-state index in [4.69, 9.17) is 22.4 Å². The number of para-hydroxylation sites is 1. The van der Waals surface area contributed by atoms with Crippen LogP contribution in [0.15, 0.2) is 60.7 Å². The molecule has 2 heterocycles. The molecule has 0 aliphatic carbocycles. The van der Waals surface area contributed by atoms with Crippen LogP contribution in [0, 0.1) is 27.7 Å². The minimum absolute atomic E-state index is 0.139. The molecule has 0 unspecified atom stereocenters. The quantitative estimate of drug-likeness (QED) is 0.253. The zero-order chi connectivity index (χ0) is 29.5. The number of benzene rings is 3. The molecular weight excluding hydrogens is 542 g/mol. The highest BCUT2D eigenvalue weighted by atomic mass is 32.2. The van der Waals surface area contributed by atoms with Gasteiger partial charge in [-0.05, 0) is 64.3 Å². The Morgan fingerprint density at radius 3 is 1.88 bits per heavy atom.